The molecule has 0 aliphatic carbocycles. The Morgan fingerprint density at radius 2 is 1.76 bits per heavy atom. The molecule has 0 atom stereocenters. The van der Waals surface area contributed by atoms with Gasteiger partial charge in [0.1, 0.15) is 0 Å². The number of hydrogen-bond acceptors (Lipinski definition) is 3. The number of carboxylic acid groups (broad SMARTS) is 1. The zero-order valence-electron chi connectivity index (χ0n) is 13.1. The van der Waals surface area contributed by atoms with Gasteiger partial charge in [0.25, 0.3) is 0 Å². The fourth-order valence-corrected chi connectivity index (χ4v) is 1.84. The Balaban J connectivity index is 2.66. The predicted octanol–water partition coefficient (Wildman–Crippen LogP) is 2.21. The number of aliphatic carboxylic acids is 1. The maximum atomic E-state index is 12.1. The van der Waals surface area contributed by atoms with Gasteiger partial charge in [-0.25, -0.2) is 0 Å². The van der Waals surface area contributed by atoms with Gasteiger partial charge in [-0.1, -0.05) is 18.2 Å². The van der Waals surface area contributed by atoms with E-state index in [1.54, 1.807) is 33.8 Å². The molecular formula is C16H24N2O3. The van der Waals surface area contributed by atoms with Gasteiger partial charge >= 0.3 is 5.97 Å². The number of anilines is 1. The lowest BCUT2D eigenvalue weighted by atomic mass is 9.74. The molecule has 1 amide bonds. The number of benzene rings is 1. The van der Waals surface area contributed by atoms with Crippen molar-refractivity contribution in [3.05, 3.63) is 29.8 Å². The van der Waals surface area contributed by atoms with Crippen molar-refractivity contribution in [2.75, 3.05) is 5.73 Å². The molecule has 21 heavy (non-hydrogen) atoms. The molecule has 4 N–H and O–H groups in total. The first-order valence-corrected chi connectivity index (χ1v) is 6.95. The Bertz CT molecular complexity index is 536. The SMILES string of the molecule is CC(C)(NC(=O)CCc1ccccc1N)C(C)(C)C(=O)O. The minimum Gasteiger partial charge on any atom is -0.481 e. The van der Waals surface area contributed by atoms with E-state index in [1.165, 1.54) is 0 Å². The highest BCUT2D eigenvalue weighted by Crippen LogP contribution is 2.30. The topological polar surface area (TPSA) is 92.4 Å². The Morgan fingerprint density at radius 3 is 2.29 bits per heavy atom. The van der Waals surface area contributed by atoms with Crippen LogP contribution < -0.4 is 11.1 Å². The highest BCUT2D eigenvalue weighted by Gasteiger charge is 2.44. The van der Waals surface area contributed by atoms with E-state index in [0.717, 1.165) is 5.56 Å². The number of carbonyl (C=O) groups excluding carboxylic acids is 1. The molecular weight excluding hydrogens is 268 g/mol. The molecule has 0 heterocycles. The number of nitrogen functional groups attached to an aromatic ring is 1. The summed E-state index contributed by atoms with van der Waals surface area (Å²) in [5.74, 6) is -1.13. The monoisotopic (exact) mass is 292 g/mol. The van der Waals surface area contributed by atoms with Crippen LogP contribution in [0, 0.1) is 5.41 Å². The van der Waals surface area contributed by atoms with Gasteiger partial charge in [-0.15, -0.1) is 0 Å². The maximum absolute atomic E-state index is 12.1. The van der Waals surface area contributed by atoms with Crippen molar-refractivity contribution in [3.8, 4) is 0 Å². The fourth-order valence-electron chi connectivity index (χ4n) is 1.84. The molecule has 116 valence electrons. The number of hydrogen-bond donors (Lipinski definition) is 3. The third kappa shape index (κ3) is 3.97. The van der Waals surface area contributed by atoms with Crippen LogP contribution in [0.1, 0.15) is 39.7 Å². The molecule has 5 nitrogen and oxygen atoms in total. The summed E-state index contributed by atoms with van der Waals surface area (Å²) in [5, 5.41) is 12.1. The van der Waals surface area contributed by atoms with Gasteiger partial charge in [0.15, 0.2) is 0 Å². The summed E-state index contributed by atoms with van der Waals surface area (Å²) in [6.45, 7) is 6.64. The lowest BCUT2D eigenvalue weighted by Gasteiger charge is -2.38. The number of para-hydroxylation sites is 1. The zero-order valence-corrected chi connectivity index (χ0v) is 13.1. The Hall–Kier alpha value is -2.04. The third-order valence-corrected chi connectivity index (χ3v) is 4.23. The average molecular weight is 292 g/mol. The highest BCUT2D eigenvalue weighted by molar-refractivity contribution is 5.80. The van der Waals surface area contributed by atoms with Crippen LogP contribution >= 0.6 is 0 Å². The Morgan fingerprint density at radius 1 is 1.19 bits per heavy atom. The number of rotatable bonds is 6. The molecule has 0 saturated carbocycles. The lowest BCUT2D eigenvalue weighted by Crippen LogP contribution is -2.57. The van der Waals surface area contributed by atoms with E-state index in [1.807, 2.05) is 18.2 Å². The smallest absolute Gasteiger partial charge is 0.311 e. The van der Waals surface area contributed by atoms with Gasteiger partial charge in [-0.05, 0) is 45.7 Å². The third-order valence-electron chi connectivity index (χ3n) is 4.23. The molecule has 0 radical (unpaired) electrons. The van der Waals surface area contributed by atoms with Gasteiger partial charge in [0.05, 0.1) is 5.41 Å². The largest absolute Gasteiger partial charge is 0.481 e. The normalized spacial score (nSPS) is 12.0. The second kappa shape index (κ2) is 6.16. The molecule has 0 bridgehead atoms. The first kappa shape index (κ1) is 17.0. The van der Waals surface area contributed by atoms with Crippen LogP contribution in [0.4, 0.5) is 5.69 Å². The number of aryl methyl sites for hydroxylation is 1. The molecule has 0 aliphatic rings. The summed E-state index contributed by atoms with van der Waals surface area (Å²) in [7, 11) is 0. The summed E-state index contributed by atoms with van der Waals surface area (Å²) in [6.07, 6.45) is 0.801. The molecule has 1 aromatic rings. The molecule has 0 unspecified atom stereocenters. The quantitative estimate of drug-likeness (QED) is 0.701. The van der Waals surface area contributed by atoms with Crippen molar-refractivity contribution in [2.24, 2.45) is 5.41 Å². The van der Waals surface area contributed by atoms with Crippen LogP contribution in [0.3, 0.4) is 0 Å². The van der Waals surface area contributed by atoms with E-state index >= 15 is 0 Å². The molecule has 0 saturated heterocycles. The second-order valence-corrected chi connectivity index (χ2v) is 6.30. The lowest BCUT2D eigenvalue weighted by molar-refractivity contribution is -0.151. The average Bonchev–Trinajstić information content (AvgIpc) is 2.36. The summed E-state index contributed by atoms with van der Waals surface area (Å²) in [5.41, 5.74) is 5.51. The van der Waals surface area contributed by atoms with Crippen molar-refractivity contribution in [2.45, 2.75) is 46.1 Å². The van der Waals surface area contributed by atoms with E-state index < -0.39 is 16.9 Å². The standard InChI is InChI=1S/C16H24N2O3/c1-15(2,14(20)21)16(3,4)18-13(19)10-9-11-7-5-6-8-12(11)17/h5-8H,9-10,17H2,1-4H3,(H,18,19)(H,20,21). The predicted molar refractivity (Wildman–Crippen MR) is 82.8 cm³/mol. The van der Waals surface area contributed by atoms with Crippen molar-refractivity contribution in [1.29, 1.82) is 0 Å². The summed E-state index contributed by atoms with van der Waals surface area (Å²) in [4.78, 5) is 23.4. The molecule has 1 rings (SSSR count). The maximum Gasteiger partial charge on any atom is 0.311 e. The van der Waals surface area contributed by atoms with Crippen molar-refractivity contribution >= 4 is 17.6 Å². The number of nitrogens with one attached hydrogen (secondary N) is 1. The molecule has 1 aromatic carbocycles. The molecule has 0 fully saturated rings. The van der Waals surface area contributed by atoms with E-state index in [9.17, 15) is 14.7 Å². The minimum atomic E-state index is -1.06. The molecule has 5 heteroatoms. The first-order chi connectivity index (χ1) is 9.58. The van der Waals surface area contributed by atoms with Crippen molar-refractivity contribution < 1.29 is 14.7 Å². The summed E-state index contributed by atoms with van der Waals surface area (Å²) in [6, 6.07) is 7.40. The molecule has 0 aliphatic heterocycles. The molecule has 0 aromatic heterocycles. The van der Waals surface area contributed by atoms with Crippen LogP contribution in [-0.4, -0.2) is 22.5 Å². The molecule has 0 spiro atoms. The zero-order chi connectivity index (χ0) is 16.3. The fraction of sp³-hybridized carbons (Fsp3) is 0.500. The Labute approximate surface area is 125 Å². The van der Waals surface area contributed by atoms with E-state index in [2.05, 4.69) is 5.32 Å². The van der Waals surface area contributed by atoms with Crippen molar-refractivity contribution in [3.63, 3.8) is 0 Å². The number of nitrogens with two attached hydrogens (primary N) is 1. The number of carboxylic acids is 1. The van der Waals surface area contributed by atoms with E-state index in [0.29, 0.717) is 12.1 Å². The van der Waals surface area contributed by atoms with Crippen LogP contribution in [0.2, 0.25) is 0 Å². The summed E-state index contributed by atoms with van der Waals surface area (Å²) < 4.78 is 0. The van der Waals surface area contributed by atoms with Crippen LogP contribution in [-0.2, 0) is 16.0 Å². The van der Waals surface area contributed by atoms with Crippen molar-refractivity contribution in [1.82, 2.24) is 5.32 Å². The Kier molecular flexibility index (Phi) is 4.99. The number of amides is 1. The number of carbonyl (C=O) groups is 2. The van der Waals surface area contributed by atoms with E-state index in [-0.39, 0.29) is 12.3 Å². The van der Waals surface area contributed by atoms with Gasteiger partial charge in [-0.3, -0.25) is 9.59 Å². The van der Waals surface area contributed by atoms with Gasteiger partial charge in [0, 0.05) is 17.6 Å². The van der Waals surface area contributed by atoms with Gasteiger partial charge < -0.3 is 16.2 Å². The minimum absolute atomic E-state index is 0.183. The van der Waals surface area contributed by atoms with Gasteiger partial charge in [-0.2, -0.15) is 0 Å². The van der Waals surface area contributed by atoms with Crippen LogP contribution in [0.5, 0.6) is 0 Å². The van der Waals surface area contributed by atoms with Gasteiger partial charge in [0.2, 0.25) is 5.91 Å². The second-order valence-electron chi connectivity index (χ2n) is 6.30. The van der Waals surface area contributed by atoms with Crippen LogP contribution in [0.25, 0.3) is 0 Å². The summed E-state index contributed by atoms with van der Waals surface area (Å²) >= 11 is 0. The van der Waals surface area contributed by atoms with Crippen LogP contribution in [0.15, 0.2) is 24.3 Å². The van der Waals surface area contributed by atoms with E-state index in [4.69, 9.17) is 5.73 Å². The highest BCUT2D eigenvalue weighted by atomic mass is 16.4. The first-order valence-electron chi connectivity index (χ1n) is 6.95.